The van der Waals surface area contributed by atoms with Gasteiger partial charge in [-0.3, -0.25) is 0 Å². The minimum absolute atomic E-state index is 0.0132. The summed E-state index contributed by atoms with van der Waals surface area (Å²) >= 11 is 0. The molecule has 1 rings (SSSR count). The Morgan fingerprint density at radius 3 is 2.25 bits per heavy atom. The van der Waals surface area contributed by atoms with Gasteiger partial charge in [0.2, 0.25) is 0 Å². The van der Waals surface area contributed by atoms with Crippen molar-refractivity contribution in [2.45, 2.75) is 26.8 Å². The van der Waals surface area contributed by atoms with Gasteiger partial charge < -0.3 is 10.5 Å². The number of carbonyl (C=O) groups is 1. The van der Waals surface area contributed by atoms with E-state index in [1.54, 1.807) is 12.1 Å². The molecule has 0 spiro atoms. The molecule has 1 unspecified atom stereocenters. The van der Waals surface area contributed by atoms with E-state index in [1.807, 2.05) is 32.9 Å². The SMILES string of the molecule is CC(C)COC(=O)c1ccc(C(C)N)cc1. The summed E-state index contributed by atoms with van der Waals surface area (Å²) in [6.45, 7) is 6.37. The fraction of sp³-hybridized carbons (Fsp3) is 0.462. The molecule has 0 bridgehead atoms. The molecular formula is C13H19NO2. The van der Waals surface area contributed by atoms with E-state index in [4.69, 9.17) is 10.5 Å². The van der Waals surface area contributed by atoms with Crippen LogP contribution in [0.1, 0.15) is 42.7 Å². The largest absolute Gasteiger partial charge is 0.462 e. The van der Waals surface area contributed by atoms with Crippen LogP contribution in [-0.2, 0) is 4.74 Å². The van der Waals surface area contributed by atoms with Crippen molar-refractivity contribution in [2.75, 3.05) is 6.61 Å². The Balaban J connectivity index is 2.63. The smallest absolute Gasteiger partial charge is 0.338 e. The number of esters is 1. The quantitative estimate of drug-likeness (QED) is 0.795. The Morgan fingerprint density at radius 2 is 1.81 bits per heavy atom. The zero-order chi connectivity index (χ0) is 12.1. The van der Waals surface area contributed by atoms with Crippen LogP contribution in [0.4, 0.5) is 0 Å². The standard InChI is InChI=1S/C13H19NO2/c1-9(2)8-16-13(15)12-6-4-11(5-7-12)10(3)14/h4-7,9-10H,8,14H2,1-3H3. The Hall–Kier alpha value is -1.35. The molecule has 3 heteroatoms. The second kappa shape index (κ2) is 5.66. The van der Waals surface area contributed by atoms with Gasteiger partial charge in [0.1, 0.15) is 0 Å². The van der Waals surface area contributed by atoms with Crippen LogP contribution in [0.5, 0.6) is 0 Å². The number of hydrogen-bond donors (Lipinski definition) is 1. The van der Waals surface area contributed by atoms with Gasteiger partial charge in [-0.15, -0.1) is 0 Å². The van der Waals surface area contributed by atoms with E-state index in [0.717, 1.165) is 5.56 Å². The first-order chi connectivity index (χ1) is 7.50. The maximum absolute atomic E-state index is 11.6. The van der Waals surface area contributed by atoms with Crippen LogP contribution in [0.15, 0.2) is 24.3 Å². The van der Waals surface area contributed by atoms with Gasteiger partial charge in [-0.1, -0.05) is 26.0 Å². The van der Waals surface area contributed by atoms with Crippen molar-refractivity contribution in [1.82, 2.24) is 0 Å². The van der Waals surface area contributed by atoms with Crippen LogP contribution in [0.2, 0.25) is 0 Å². The van der Waals surface area contributed by atoms with Crippen LogP contribution in [0, 0.1) is 5.92 Å². The number of hydrogen-bond acceptors (Lipinski definition) is 3. The second-order valence-corrected chi connectivity index (χ2v) is 4.40. The van der Waals surface area contributed by atoms with Gasteiger partial charge in [0.25, 0.3) is 0 Å². The molecule has 1 aromatic carbocycles. The van der Waals surface area contributed by atoms with Crippen molar-refractivity contribution >= 4 is 5.97 Å². The van der Waals surface area contributed by atoms with E-state index in [9.17, 15) is 4.79 Å². The molecule has 0 heterocycles. The molecular weight excluding hydrogens is 202 g/mol. The maximum Gasteiger partial charge on any atom is 0.338 e. The lowest BCUT2D eigenvalue weighted by Gasteiger charge is -2.08. The fourth-order valence-corrected chi connectivity index (χ4v) is 1.25. The molecule has 0 aliphatic heterocycles. The third-order valence-corrected chi connectivity index (χ3v) is 2.22. The van der Waals surface area contributed by atoms with Gasteiger partial charge in [0.05, 0.1) is 12.2 Å². The van der Waals surface area contributed by atoms with Gasteiger partial charge in [0.15, 0.2) is 0 Å². The normalized spacial score (nSPS) is 12.6. The molecule has 88 valence electrons. The Labute approximate surface area is 96.6 Å². The van der Waals surface area contributed by atoms with Gasteiger partial charge >= 0.3 is 5.97 Å². The zero-order valence-electron chi connectivity index (χ0n) is 10.1. The predicted molar refractivity (Wildman–Crippen MR) is 64.2 cm³/mol. The molecule has 0 aromatic heterocycles. The Morgan fingerprint density at radius 1 is 1.25 bits per heavy atom. The van der Waals surface area contributed by atoms with Crippen molar-refractivity contribution in [3.05, 3.63) is 35.4 Å². The minimum Gasteiger partial charge on any atom is -0.462 e. The predicted octanol–water partition coefficient (Wildman–Crippen LogP) is 2.52. The molecule has 1 aromatic rings. The van der Waals surface area contributed by atoms with Crippen LogP contribution in [0.25, 0.3) is 0 Å². The molecule has 3 nitrogen and oxygen atoms in total. The highest BCUT2D eigenvalue weighted by molar-refractivity contribution is 5.89. The highest BCUT2D eigenvalue weighted by Crippen LogP contribution is 2.11. The number of rotatable bonds is 4. The zero-order valence-corrected chi connectivity index (χ0v) is 10.1. The molecule has 0 aliphatic rings. The van der Waals surface area contributed by atoms with E-state index < -0.39 is 0 Å². The second-order valence-electron chi connectivity index (χ2n) is 4.40. The van der Waals surface area contributed by atoms with Gasteiger partial charge in [-0.05, 0) is 30.5 Å². The average Bonchev–Trinajstić information content (AvgIpc) is 2.26. The Kier molecular flexibility index (Phi) is 4.50. The summed E-state index contributed by atoms with van der Waals surface area (Å²) in [4.78, 5) is 11.6. The summed E-state index contributed by atoms with van der Waals surface area (Å²) in [5, 5.41) is 0. The monoisotopic (exact) mass is 221 g/mol. The van der Waals surface area contributed by atoms with E-state index in [2.05, 4.69) is 0 Å². The summed E-state index contributed by atoms with van der Waals surface area (Å²) < 4.78 is 5.12. The van der Waals surface area contributed by atoms with Crippen molar-refractivity contribution in [2.24, 2.45) is 11.7 Å². The number of ether oxygens (including phenoxy) is 1. The Bertz CT molecular complexity index is 341. The number of nitrogens with two attached hydrogens (primary N) is 1. The molecule has 0 radical (unpaired) electrons. The molecule has 0 saturated heterocycles. The summed E-state index contributed by atoms with van der Waals surface area (Å²) in [5.74, 6) is 0.0808. The minimum atomic E-state index is -0.273. The van der Waals surface area contributed by atoms with E-state index >= 15 is 0 Å². The summed E-state index contributed by atoms with van der Waals surface area (Å²) in [5.41, 5.74) is 7.31. The van der Waals surface area contributed by atoms with Crippen molar-refractivity contribution in [1.29, 1.82) is 0 Å². The third kappa shape index (κ3) is 3.66. The van der Waals surface area contributed by atoms with Crippen molar-refractivity contribution in [3.8, 4) is 0 Å². The molecule has 0 saturated carbocycles. The highest BCUT2D eigenvalue weighted by Gasteiger charge is 2.08. The lowest BCUT2D eigenvalue weighted by Crippen LogP contribution is -2.11. The van der Waals surface area contributed by atoms with Crippen molar-refractivity contribution < 1.29 is 9.53 Å². The molecule has 0 aliphatic carbocycles. The van der Waals surface area contributed by atoms with Gasteiger partial charge in [0, 0.05) is 6.04 Å². The lowest BCUT2D eigenvalue weighted by molar-refractivity contribution is 0.0459. The third-order valence-electron chi connectivity index (χ3n) is 2.22. The first-order valence-electron chi connectivity index (χ1n) is 5.53. The fourth-order valence-electron chi connectivity index (χ4n) is 1.25. The maximum atomic E-state index is 11.6. The first-order valence-corrected chi connectivity index (χ1v) is 5.53. The highest BCUT2D eigenvalue weighted by atomic mass is 16.5. The number of carbonyl (C=O) groups excluding carboxylic acids is 1. The molecule has 1 atom stereocenters. The first kappa shape index (κ1) is 12.7. The van der Waals surface area contributed by atoms with Crippen molar-refractivity contribution in [3.63, 3.8) is 0 Å². The van der Waals surface area contributed by atoms with Gasteiger partial charge in [-0.25, -0.2) is 4.79 Å². The summed E-state index contributed by atoms with van der Waals surface area (Å²) in [6, 6.07) is 7.21. The average molecular weight is 221 g/mol. The topological polar surface area (TPSA) is 52.3 Å². The van der Waals surface area contributed by atoms with Gasteiger partial charge in [-0.2, -0.15) is 0 Å². The molecule has 0 amide bonds. The van der Waals surface area contributed by atoms with Crippen LogP contribution in [0.3, 0.4) is 0 Å². The molecule has 16 heavy (non-hydrogen) atoms. The molecule has 0 fully saturated rings. The summed E-state index contributed by atoms with van der Waals surface area (Å²) in [7, 11) is 0. The van der Waals surface area contributed by atoms with Crippen LogP contribution >= 0.6 is 0 Å². The van der Waals surface area contributed by atoms with E-state index in [0.29, 0.717) is 18.1 Å². The molecule has 2 N–H and O–H groups in total. The van der Waals surface area contributed by atoms with Crippen LogP contribution in [-0.4, -0.2) is 12.6 Å². The van der Waals surface area contributed by atoms with E-state index in [1.165, 1.54) is 0 Å². The number of benzene rings is 1. The summed E-state index contributed by atoms with van der Waals surface area (Å²) in [6.07, 6.45) is 0. The lowest BCUT2D eigenvalue weighted by atomic mass is 10.1. The van der Waals surface area contributed by atoms with E-state index in [-0.39, 0.29) is 12.0 Å². The van der Waals surface area contributed by atoms with Crippen LogP contribution < -0.4 is 5.73 Å².